The van der Waals surface area contributed by atoms with Gasteiger partial charge in [0.2, 0.25) is 6.23 Å². The fraction of sp³-hybridized carbons (Fsp3) is 0.227. The Labute approximate surface area is 167 Å². The Morgan fingerprint density at radius 2 is 1.96 bits per heavy atom. The highest BCUT2D eigenvalue weighted by Crippen LogP contribution is 2.51. The predicted octanol–water partition coefficient (Wildman–Crippen LogP) is 5.01. The summed E-state index contributed by atoms with van der Waals surface area (Å²) in [5.41, 5.74) is 3.19. The van der Waals surface area contributed by atoms with Crippen molar-refractivity contribution in [3.05, 3.63) is 76.0 Å². The van der Waals surface area contributed by atoms with Crippen LogP contribution in [0.5, 0.6) is 17.2 Å². The summed E-state index contributed by atoms with van der Waals surface area (Å²) in [7, 11) is 3.35. The molecule has 5 rings (SSSR count). The monoisotopic (exact) mass is 392 g/mol. The molecule has 0 spiro atoms. The molecule has 0 N–H and O–H groups in total. The second-order valence-corrected chi connectivity index (χ2v) is 7.70. The predicted molar refractivity (Wildman–Crippen MR) is 109 cm³/mol. The number of fused-ring (bicyclic) bond motifs is 3. The summed E-state index contributed by atoms with van der Waals surface area (Å²) < 4.78 is 17.5. The Morgan fingerprint density at radius 3 is 2.75 bits per heavy atom. The fourth-order valence-electron chi connectivity index (χ4n) is 3.85. The maximum Gasteiger partial charge on any atom is 0.214 e. The van der Waals surface area contributed by atoms with Gasteiger partial charge >= 0.3 is 0 Å². The fourth-order valence-corrected chi connectivity index (χ4v) is 4.57. The molecule has 0 aliphatic carbocycles. The number of thiophene rings is 1. The molecule has 0 bridgehead atoms. The van der Waals surface area contributed by atoms with Crippen molar-refractivity contribution in [1.82, 2.24) is 5.01 Å². The number of methoxy groups -OCH3 is 2. The molecule has 0 saturated heterocycles. The third kappa shape index (κ3) is 2.72. The maximum atomic E-state index is 6.46. The van der Waals surface area contributed by atoms with Crippen molar-refractivity contribution in [3.8, 4) is 17.2 Å². The van der Waals surface area contributed by atoms with E-state index in [-0.39, 0.29) is 12.3 Å². The van der Waals surface area contributed by atoms with Crippen LogP contribution in [0.25, 0.3) is 0 Å². The van der Waals surface area contributed by atoms with E-state index < -0.39 is 0 Å². The number of ether oxygens (including phenoxy) is 3. The first-order valence-corrected chi connectivity index (χ1v) is 10.0. The molecule has 1 aromatic heterocycles. The number of para-hydroxylation sites is 1. The van der Waals surface area contributed by atoms with Gasteiger partial charge in [0, 0.05) is 17.5 Å². The van der Waals surface area contributed by atoms with Gasteiger partial charge in [0.15, 0.2) is 11.5 Å². The highest BCUT2D eigenvalue weighted by Gasteiger charge is 2.42. The average molecular weight is 392 g/mol. The van der Waals surface area contributed by atoms with Crippen LogP contribution in [0.1, 0.15) is 34.7 Å². The Balaban J connectivity index is 1.63. The van der Waals surface area contributed by atoms with Crippen LogP contribution >= 0.6 is 11.3 Å². The quantitative estimate of drug-likeness (QED) is 0.626. The number of nitrogens with zero attached hydrogens (tertiary/aromatic N) is 2. The van der Waals surface area contributed by atoms with Crippen LogP contribution in [0.4, 0.5) is 0 Å². The van der Waals surface area contributed by atoms with E-state index in [9.17, 15) is 0 Å². The molecule has 2 atom stereocenters. The van der Waals surface area contributed by atoms with Crippen LogP contribution in [-0.4, -0.2) is 24.9 Å². The van der Waals surface area contributed by atoms with Crippen LogP contribution in [0.3, 0.4) is 0 Å². The highest BCUT2D eigenvalue weighted by molar-refractivity contribution is 7.12. The van der Waals surface area contributed by atoms with Crippen molar-refractivity contribution >= 4 is 17.0 Å². The van der Waals surface area contributed by atoms with Gasteiger partial charge < -0.3 is 14.2 Å². The number of hydrogen-bond acceptors (Lipinski definition) is 6. The Bertz CT molecular complexity index is 1030. The van der Waals surface area contributed by atoms with Crippen molar-refractivity contribution in [2.24, 2.45) is 5.10 Å². The second kappa shape index (κ2) is 6.87. The number of benzene rings is 2. The zero-order valence-corrected chi connectivity index (χ0v) is 16.5. The van der Waals surface area contributed by atoms with Crippen LogP contribution in [0, 0.1) is 0 Å². The normalized spacial score (nSPS) is 20.1. The third-order valence-electron chi connectivity index (χ3n) is 5.18. The van der Waals surface area contributed by atoms with Gasteiger partial charge in [-0.15, -0.1) is 11.3 Å². The third-order valence-corrected chi connectivity index (χ3v) is 6.10. The molecule has 0 amide bonds. The van der Waals surface area contributed by atoms with E-state index in [1.54, 1.807) is 25.6 Å². The van der Waals surface area contributed by atoms with Gasteiger partial charge in [0.25, 0.3) is 0 Å². The number of hydrogen-bond donors (Lipinski definition) is 0. The molecular formula is C22H20N2O3S. The summed E-state index contributed by atoms with van der Waals surface area (Å²) in [6.07, 6.45) is 0.492. The van der Waals surface area contributed by atoms with Crippen LogP contribution < -0.4 is 14.2 Å². The minimum Gasteiger partial charge on any atom is -0.497 e. The average Bonchev–Trinajstić information content (AvgIpc) is 3.42. The Kier molecular flexibility index (Phi) is 4.20. The van der Waals surface area contributed by atoms with Gasteiger partial charge in [-0.1, -0.05) is 30.3 Å². The van der Waals surface area contributed by atoms with Crippen molar-refractivity contribution in [2.45, 2.75) is 18.7 Å². The Morgan fingerprint density at radius 1 is 1.07 bits per heavy atom. The molecule has 0 unspecified atom stereocenters. The van der Waals surface area contributed by atoms with Crippen LogP contribution in [-0.2, 0) is 0 Å². The molecular weight excluding hydrogens is 372 g/mol. The van der Waals surface area contributed by atoms with E-state index in [0.717, 1.165) is 40.5 Å². The first kappa shape index (κ1) is 17.1. The van der Waals surface area contributed by atoms with Gasteiger partial charge in [-0.3, -0.25) is 0 Å². The van der Waals surface area contributed by atoms with E-state index in [4.69, 9.17) is 19.3 Å². The molecule has 0 radical (unpaired) electrons. The number of rotatable bonds is 4. The summed E-state index contributed by atoms with van der Waals surface area (Å²) in [6, 6.07) is 18.3. The maximum absolute atomic E-state index is 6.46. The minimum atomic E-state index is -0.346. The lowest BCUT2D eigenvalue weighted by Crippen LogP contribution is -2.33. The lowest BCUT2D eigenvalue weighted by molar-refractivity contribution is -0.0210. The number of hydrazone groups is 1. The highest BCUT2D eigenvalue weighted by atomic mass is 32.1. The van der Waals surface area contributed by atoms with E-state index in [0.29, 0.717) is 0 Å². The summed E-state index contributed by atoms with van der Waals surface area (Å²) in [6.45, 7) is 0. The van der Waals surface area contributed by atoms with E-state index in [1.165, 1.54) is 4.88 Å². The summed E-state index contributed by atoms with van der Waals surface area (Å²) in [4.78, 5) is 1.20. The first-order valence-electron chi connectivity index (χ1n) is 9.15. The lowest BCUT2D eigenvalue weighted by Gasteiger charge is -2.38. The smallest absolute Gasteiger partial charge is 0.214 e. The van der Waals surface area contributed by atoms with Gasteiger partial charge in [0.05, 0.1) is 30.9 Å². The molecule has 0 fully saturated rings. The second-order valence-electron chi connectivity index (χ2n) is 6.75. The van der Waals surface area contributed by atoms with Crippen molar-refractivity contribution in [3.63, 3.8) is 0 Å². The van der Waals surface area contributed by atoms with E-state index >= 15 is 0 Å². The molecule has 28 heavy (non-hydrogen) atoms. The molecule has 6 heteroatoms. The SMILES string of the molecule is COc1cccc([C@H]2Oc3c(OC)cccc3[C@H]3CC(c4cccs4)=NN32)c1. The van der Waals surface area contributed by atoms with Crippen molar-refractivity contribution in [1.29, 1.82) is 0 Å². The van der Waals surface area contributed by atoms with Crippen LogP contribution in [0.15, 0.2) is 65.1 Å². The zero-order chi connectivity index (χ0) is 19.1. The molecule has 2 aliphatic heterocycles. The topological polar surface area (TPSA) is 43.3 Å². The van der Waals surface area contributed by atoms with Crippen LogP contribution in [0.2, 0.25) is 0 Å². The largest absolute Gasteiger partial charge is 0.497 e. The van der Waals surface area contributed by atoms with Gasteiger partial charge in [-0.05, 0) is 29.6 Å². The molecule has 3 aromatic rings. The summed E-state index contributed by atoms with van der Waals surface area (Å²) in [5, 5.41) is 9.13. The Hall–Kier alpha value is -2.99. The van der Waals surface area contributed by atoms with Gasteiger partial charge in [-0.25, -0.2) is 5.01 Å². The molecule has 2 aliphatic rings. The lowest BCUT2D eigenvalue weighted by atomic mass is 9.97. The standard InChI is InChI=1S/C22H20N2O3S/c1-25-15-7-3-6-14(12-15)22-24-18(13-17(23-24)20-10-5-11-28-20)16-8-4-9-19(26-2)21(16)27-22/h3-12,18,22H,13H2,1-2H3/t18-,22-/m1/s1. The molecule has 2 aromatic carbocycles. The van der Waals surface area contributed by atoms with Crippen molar-refractivity contribution < 1.29 is 14.2 Å². The van der Waals surface area contributed by atoms with E-state index in [1.807, 2.05) is 36.4 Å². The van der Waals surface area contributed by atoms with Gasteiger partial charge in [-0.2, -0.15) is 5.10 Å². The zero-order valence-electron chi connectivity index (χ0n) is 15.7. The minimum absolute atomic E-state index is 0.104. The summed E-state index contributed by atoms with van der Waals surface area (Å²) >= 11 is 1.71. The van der Waals surface area contributed by atoms with Gasteiger partial charge in [0.1, 0.15) is 5.75 Å². The molecule has 3 heterocycles. The van der Waals surface area contributed by atoms with Crippen molar-refractivity contribution in [2.75, 3.05) is 14.2 Å². The summed E-state index contributed by atoms with van der Waals surface area (Å²) in [5.74, 6) is 2.33. The first-order chi connectivity index (χ1) is 13.8. The molecule has 5 nitrogen and oxygen atoms in total. The molecule has 0 saturated carbocycles. The molecule has 142 valence electrons. The van der Waals surface area contributed by atoms with E-state index in [2.05, 4.69) is 28.6 Å².